The quantitative estimate of drug-likeness (QED) is 0.802. The first-order valence-corrected chi connectivity index (χ1v) is 4.30. The van der Waals surface area contributed by atoms with Gasteiger partial charge in [-0.25, -0.2) is 0 Å². The summed E-state index contributed by atoms with van der Waals surface area (Å²) in [6.45, 7) is 0. The lowest BCUT2D eigenvalue weighted by atomic mass is 9.98. The molecule has 1 aromatic carbocycles. The smallest absolute Gasteiger partial charge is 0.366 e. The number of amides is 1. The lowest BCUT2D eigenvalue weighted by molar-refractivity contribution is -0.138. The molecule has 0 spiro atoms. The minimum atomic E-state index is -4.61. The highest BCUT2D eigenvalue weighted by atomic mass is 19.4. The van der Waals surface area contributed by atoms with E-state index in [0.29, 0.717) is 6.29 Å². The fourth-order valence-electron chi connectivity index (χ4n) is 1.39. The van der Waals surface area contributed by atoms with Crippen molar-refractivity contribution in [2.24, 2.45) is 5.73 Å². The first kappa shape index (κ1) is 12.2. The van der Waals surface area contributed by atoms with Gasteiger partial charge in [-0.2, -0.15) is 13.2 Å². The highest BCUT2D eigenvalue weighted by Crippen LogP contribution is 2.33. The lowest BCUT2D eigenvalue weighted by Gasteiger charge is -2.13. The van der Waals surface area contributed by atoms with Crippen LogP contribution in [0.25, 0.3) is 0 Å². The minimum Gasteiger partial charge on any atom is -0.366 e. The summed E-state index contributed by atoms with van der Waals surface area (Å²) in [7, 11) is 0. The van der Waals surface area contributed by atoms with Crippen molar-refractivity contribution in [3.8, 4) is 0 Å². The molecule has 0 aliphatic carbocycles. The van der Waals surface area contributed by atoms with Crippen molar-refractivity contribution in [3.63, 3.8) is 0 Å². The summed E-state index contributed by atoms with van der Waals surface area (Å²) in [4.78, 5) is 21.2. The molecule has 16 heavy (non-hydrogen) atoms. The number of primary amides is 1. The highest BCUT2D eigenvalue weighted by molar-refractivity contribution is 5.95. The van der Waals surface area contributed by atoms with Gasteiger partial charge < -0.3 is 10.5 Å². The summed E-state index contributed by atoms with van der Waals surface area (Å²) in [6, 6.07) is 3.05. The van der Waals surface area contributed by atoms with E-state index in [-0.39, 0.29) is 11.1 Å². The molecule has 0 unspecified atom stereocenters. The largest absolute Gasteiger partial charge is 0.416 e. The van der Waals surface area contributed by atoms with Crippen LogP contribution in [0.2, 0.25) is 0 Å². The number of alkyl halides is 3. The highest BCUT2D eigenvalue weighted by Gasteiger charge is 2.34. The third kappa shape index (κ3) is 2.39. The third-order valence-electron chi connectivity index (χ3n) is 2.03. The Morgan fingerprint density at radius 1 is 1.38 bits per heavy atom. The standard InChI is InChI=1S/C10H8F3NO2/c11-10(12,13)8-3-1-2-7(9(14)16)6(8)4-5-15/h1-3,5H,4H2,(H2,14,16). The molecule has 0 radical (unpaired) electrons. The molecule has 0 aliphatic heterocycles. The van der Waals surface area contributed by atoms with E-state index in [2.05, 4.69) is 0 Å². The number of rotatable bonds is 3. The zero-order valence-corrected chi connectivity index (χ0v) is 8.04. The first-order valence-electron chi connectivity index (χ1n) is 4.30. The number of carbonyl (C=O) groups is 2. The van der Waals surface area contributed by atoms with Crippen molar-refractivity contribution in [3.05, 3.63) is 34.9 Å². The topological polar surface area (TPSA) is 60.2 Å². The molecule has 0 aromatic heterocycles. The Morgan fingerprint density at radius 3 is 2.44 bits per heavy atom. The molecule has 1 rings (SSSR count). The molecule has 0 fully saturated rings. The average Bonchev–Trinajstić information content (AvgIpc) is 2.16. The van der Waals surface area contributed by atoms with E-state index >= 15 is 0 Å². The van der Waals surface area contributed by atoms with Crippen LogP contribution in [0.1, 0.15) is 21.5 Å². The van der Waals surface area contributed by atoms with Crippen LogP contribution in [-0.2, 0) is 17.4 Å². The molecule has 2 N–H and O–H groups in total. The normalized spacial score (nSPS) is 11.2. The van der Waals surface area contributed by atoms with Gasteiger partial charge in [0.25, 0.3) is 0 Å². The minimum absolute atomic E-state index is 0.276. The molecule has 1 amide bonds. The maximum atomic E-state index is 12.5. The molecule has 86 valence electrons. The van der Waals surface area contributed by atoms with Crippen LogP contribution in [0.5, 0.6) is 0 Å². The van der Waals surface area contributed by atoms with Crippen molar-refractivity contribution >= 4 is 12.2 Å². The second-order valence-electron chi connectivity index (χ2n) is 3.06. The van der Waals surface area contributed by atoms with Crippen LogP contribution in [0, 0.1) is 0 Å². The maximum Gasteiger partial charge on any atom is 0.416 e. The van der Waals surface area contributed by atoms with E-state index in [9.17, 15) is 22.8 Å². The Labute approximate surface area is 89.1 Å². The van der Waals surface area contributed by atoms with Gasteiger partial charge in [0, 0.05) is 12.0 Å². The van der Waals surface area contributed by atoms with Gasteiger partial charge in [0.2, 0.25) is 5.91 Å². The first-order chi connectivity index (χ1) is 7.38. The fraction of sp³-hybridized carbons (Fsp3) is 0.200. The second-order valence-corrected chi connectivity index (χ2v) is 3.06. The Balaban J connectivity index is 3.44. The summed E-state index contributed by atoms with van der Waals surface area (Å²) < 4.78 is 37.6. The number of aldehydes is 1. The van der Waals surface area contributed by atoms with E-state index in [4.69, 9.17) is 5.73 Å². The van der Waals surface area contributed by atoms with Crippen molar-refractivity contribution in [1.82, 2.24) is 0 Å². The number of carbonyl (C=O) groups excluding carboxylic acids is 2. The lowest BCUT2D eigenvalue weighted by Crippen LogP contribution is -2.18. The second kappa shape index (κ2) is 4.34. The summed E-state index contributed by atoms with van der Waals surface area (Å²) in [5.74, 6) is -0.983. The molecule has 6 heteroatoms. The van der Waals surface area contributed by atoms with Gasteiger partial charge >= 0.3 is 6.18 Å². The van der Waals surface area contributed by atoms with Crippen molar-refractivity contribution in [2.45, 2.75) is 12.6 Å². The van der Waals surface area contributed by atoms with Crippen LogP contribution in [0.4, 0.5) is 13.2 Å². The number of halogens is 3. The maximum absolute atomic E-state index is 12.5. The summed E-state index contributed by atoms with van der Waals surface area (Å²) in [5.41, 5.74) is 3.28. The Bertz CT molecular complexity index is 427. The Morgan fingerprint density at radius 2 is 2.00 bits per heavy atom. The zero-order valence-electron chi connectivity index (χ0n) is 8.04. The molecule has 0 saturated carbocycles. The predicted octanol–water partition coefficient (Wildman–Crippen LogP) is 1.55. The summed E-state index contributed by atoms with van der Waals surface area (Å²) in [5, 5.41) is 0. The summed E-state index contributed by atoms with van der Waals surface area (Å²) in [6.07, 6.45) is -4.80. The van der Waals surface area contributed by atoms with Crippen LogP contribution in [0.15, 0.2) is 18.2 Å². The fourth-order valence-corrected chi connectivity index (χ4v) is 1.39. The zero-order chi connectivity index (χ0) is 12.3. The van der Waals surface area contributed by atoms with Gasteiger partial charge in [-0.15, -0.1) is 0 Å². The molecule has 0 bridgehead atoms. The predicted molar refractivity (Wildman–Crippen MR) is 49.7 cm³/mol. The number of hydrogen-bond acceptors (Lipinski definition) is 2. The van der Waals surface area contributed by atoms with E-state index in [0.717, 1.165) is 18.2 Å². The van der Waals surface area contributed by atoms with Crippen molar-refractivity contribution < 1.29 is 22.8 Å². The number of hydrogen-bond donors (Lipinski definition) is 1. The van der Waals surface area contributed by atoms with E-state index < -0.39 is 24.1 Å². The van der Waals surface area contributed by atoms with Gasteiger partial charge in [0.05, 0.1) is 5.56 Å². The molecule has 3 nitrogen and oxygen atoms in total. The van der Waals surface area contributed by atoms with Crippen LogP contribution in [0.3, 0.4) is 0 Å². The van der Waals surface area contributed by atoms with Gasteiger partial charge in [-0.1, -0.05) is 6.07 Å². The SMILES string of the molecule is NC(=O)c1cccc(C(F)(F)F)c1CC=O. The molecule has 0 heterocycles. The molecule has 1 aromatic rings. The van der Waals surface area contributed by atoms with E-state index in [1.165, 1.54) is 0 Å². The van der Waals surface area contributed by atoms with Crippen LogP contribution >= 0.6 is 0 Å². The van der Waals surface area contributed by atoms with Crippen LogP contribution < -0.4 is 5.73 Å². The van der Waals surface area contributed by atoms with E-state index in [1.54, 1.807) is 0 Å². The monoisotopic (exact) mass is 231 g/mol. The molecule has 0 saturated heterocycles. The van der Waals surface area contributed by atoms with Gasteiger partial charge in [-0.05, 0) is 17.7 Å². The molecular formula is C10H8F3NO2. The van der Waals surface area contributed by atoms with Gasteiger partial charge in [-0.3, -0.25) is 4.79 Å². The van der Waals surface area contributed by atoms with Gasteiger partial charge in [0.1, 0.15) is 6.29 Å². The summed E-state index contributed by atoms with van der Waals surface area (Å²) >= 11 is 0. The third-order valence-corrected chi connectivity index (χ3v) is 2.03. The molecular weight excluding hydrogens is 223 g/mol. The number of benzene rings is 1. The van der Waals surface area contributed by atoms with Crippen LogP contribution in [-0.4, -0.2) is 12.2 Å². The molecule has 0 aliphatic rings. The Hall–Kier alpha value is -1.85. The Kier molecular flexibility index (Phi) is 3.31. The molecule has 0 atom stereocenters. The van der Waals surface area contributed by atoms with Gasteiger partial charge in [0.15, 0.2) is 0 Å². The van der Waals surface area contributed by atoms with Crippen molar-refractivity contribution in [1.29, 1.82) is 0 Å². The van der Waals surface area contributed by atoms with E-state index in [1.807, 2.05) is 0 Å². The average molecular weight is 231 g/mol. The van der Waals surface area contributed by atoms with Crippen molar-refractivity contribution in [2.75, 3.05) is 0 Å². The number of nitrogens with two attached hydrogens (primary N) is 1.